The number of carboxylic acids is 1. The summed E-state index contributed by atoms with van der Waals surface area (Å²) in [6.07, 6.45) is 1.20. The maximum Gasteiger partial charge on any atom is 0.337 e. The number of amides is 1. The van der Waals surface area contributed by atoms with Crippen LogP contribution in [-0.2, 0) is 11.3 Å². The zero-order valence-electron chi connectivity index (χ0n) is 12.7. The number of carbonyl (C=O) groups is 2. The van der Waals surface area contributed by atoms with Gasteiger partial charge in [0.2, 0.25) is 0 Å². The molecular formula is C18H15N3O3. The molecule has 0 aromatic heterocycles. The third-order valence-corrected chi connectivity index (χ3v) is 3.19. The van der Waals surface area contributed by atoms with Crippen molar-refractivity contribution < 1.29 is 14.7 Å². The van der Waals surface area contributed by atoms with Crippen LogP contribution < -0.4 is 10.6 Å². The first-order valence-corrected chi connectivity index (χ1v) is 7.13. The second-order valence-corrected chi connectivity index (χ2v) is 4.83. The normalized spacial score (nSPS) is 10.5. The van der Waals surface area contributed by atoms with Crippen molar-refractivity contribution in [1.82, 2.24) is 5.32 Å². The predicted octanol–water partition coefficient (Wildman–Crippen LogP) is 2.52. The van der Waals surface area contributed by atoms with Crippen molar-refractivity contribution in [3.8, 4) is 6.07 Å². The zero-order chi connectivity index (χ0) is 17.4. The highest BCUT2D eigenvalue weighted by molar-refractivity contribution is 5.98. The highest BCUT2D eigenvalue weighted by Gasteiger charge is 2.11. The molecule has 6 heteroatoms. The Hall–Kier alpha value is -3.59. The number of para-hydroxylation sites is 1. The topological polar surface area (TPSA) is 102 Å². The summed E-state index contributed by atoms with van der Waals surface area (Å²) < 4.78 is 0. The van der Waals surface area contributed by atoms with Crippen LogP contribution >= 0.6 is 0 Å². The number of carboxylic acid groups (broad SMARTS) is 1. The average Bonchev–Trinajstić information content (AvgIpc) is 2.61. The van der Waals surface area contributed by atoms with Gasteiger partial charge in [-0.2, -0.15) is 5.26 Å². The van der Waals surface area contributed by atoms with E-state index in [0.29, 0.717) is 12.2 Å². The van der Waals surface area contributed by atoms with Crippen molar-refractivity contribution in [3.05, 3.63) is 77.5 Å². The molecule has 120 valence electrons. The lowest BCUT2D eigenvalue weighted by molar-refractivity contribution is -0.117. The molecule has 0 unspecified atom stereocenters. The van der Waals surface area contributed by atoms with Crippen LogP contribution in [0.4, 0.5) is 5.69 Å². The van der Waals surface area contributed by atoms with Crippen molar-refractivity contribution >= 4 is 17.6 Å². The number of rotatable bonds is 6. The van der Waals surface area contributed by atoms with E-state index in [1.165, 1.54) is 12.3 Å². The molecule has 1 amide bonds. The average molecular weight is 321 g/mol. The molecule has 0 saturated heterocycles. The van der Waals surface area contributed by atoms with Crippen molar-refractivity contribution in [2.45, 2.75) is 6.54 Å². The van der Waals surface area contributed by atoms with E-state index in [1.807, 2.05) is 30.3 Å². The second-order valence-electron chi connectivity index (χ2n) is 4.83. The lowest BCUT2D eigenvalue weighted by Crippen LogP contribution is -2.24. The molecule has 3 N–H and O–H groups in total. The van der Waals surface area contributed by atoms with Gasteiger partial charge >= 0.3 is 5.97 Å². The maximum absolute atomic E-state index is 12.0. The van der Waals surface area contributed by atoms with E-state index in [2.05, 4.69) is 10.6 Å². The number of nitrogens with zero attached hydrogens (tertiary/aromatic N) is 1. The van der Waals surface area contributed by atoms with E-state index >= 15 is 0 Å². The summed E-state index contributed by atoms with van der Waals surface area (Å²) in [7, 11) is 0. The molecule has 2 aromatic carbocycles. The summed E-state index contributed by atoms with van der Waals surface area (Å²) in [5.74, 6) is -1.64. The van der Waals surface area contributed by atoms with Gasteiger partial charge in [-0.3, -0.25) is 4.79 Å². The van der Waals surface area contributed by atoms with Gasteiger partial charge in [0.15, 0.2) is 0 Å². The van der Waals surface area contributed by atoms with E-state index < -0.39 is 11.9 Å². The number of benzene rings is 2. The minimum absolute atomic E-state index is 0.0516. The van der Waals surface area contributed by atoms with Gasteiger partial charge in [-0.15, -0.1) is 0 Å². The van der Waals surface area contributed by atoms with E-state index in [4.69, 9.17) is 10.4 Å². The van der Waals surface area contributed by atoms with Crippen LogP contribution in [-0.4, -0.2) is 17.0 Å². The van der Waals surface area contributed by atoms with Crippen molar-refractivity contribution in [1.29, 1.82) is 5.26 Å². The number of nitrogens with one attached hydrogen (secondary N) is 2. The lowest BCUT2D eigenvalue weighted by Gasteiger charge is -2.07. The molecule has 2 aromatic rings. The third kappa shape index (κ3) is 4.45. The summed E-state index contributed by atoms with van der Waals surface area (Å²) >= 11 is 0. The van der Waals surface area contributed by atoms with Crippen LogP contribution in [0.25, 0.3) is 0 Å². The quantitative estimate of drug-likeness (QED) is 0.560. The SMILES string of the molecule is N#C/C(=C\Nc1ccccc1C(=O)O)C(=O)NCc1ccccc1. The van der Waals surface area contributed by atoms with Gasteiger partial charge < -0.3 is 15.7 Å². The van der Waals surface area contributed by atoms with Gasteiger partial charge in [-0.25, -0.2) is 4.79 Å². The molecule has 6 nitrogen and oxygen atoms in total. The zero-order valence-corrected chi connectivity index (χ0v) is 12.7. The fraction of sp³-hybridized carbons (Fsp3) is 0.0556. The van der Waals surface area contributed by atoms with Crippen LogP contribution in [0, 0.1) is 11.3 Å². The first-order valence-electron chi connectivity index (χ1n) is 7.13. The van der Waals surface area contributed by atoms with E-state index in [1.54, 1.807) is 24.3 Å². The fourth-order valence-corrected chi connectivity index (χ4v) is 1.97. The summed E-state index contributed by atoms with van der Waals surface area (Å²) in [5.41, 5.74) is 1.11. The summed E-state index contributed by atoms with van der Waals surface area (Å²) in [5, 5.41) is 23.6. The largest absolute Gasteiger partial charge is 0.478 e. The highest BCUT2D eigenvalue weighted by atomic mass is 16.4. The Labute approximate surface area is 139 Å². The van der Waals surface area contributed by atoms with Crippen LogP contribution in [0.1, 0.15) is 15.9 Å². The Bertz CT molecular complexity index is 808. The molecule has 0 radical (unpaired) electrons. The Morgan fingerprint density at radius 1 is 1.08 bits per heavy atom. The van der Waals surface area contributed by atoms with E-state index in [0.717, 1.165) is 5.56 Å². The van der Waals surface area contributed by atoms with Crippen LogP contribution in [0.5, 0.6) is 0 Å². The molecule has 0 atom stereocenters. The van der Waals surface area contributed by atoms with Crippen molar-refractivity contribution in [2.24, 2.45) is 0 Å². The second kappa shape index (κ2) is 8.15. The number of aromatic carboxylic acids is 1. The fourth-order valence-electron chi connectivity index (χ4n) is 1.97. The molecule has 0 aliphatic heterocycles. The minimum atomic E-state index is -1.10. The van der Waals surface area contributed by atoms with Gasteiger partial charge in [0.05, 0.1) is 11.3 Å². The standard InChI is InChI=1S/C18H15N3O3/c19-10-14(17(22)21-11-13-6-2-1-3-7-13)12-20-16-9-5-4-8-15(16)18(23)24/h1-9,12,20H,11H2,(H,21,22)(H,23,24)/b14-12+. The van der Waals surface area contributed by atoms with Crippen LogP contribution in [0.2, 0.25) is 0 Å². The predicted molar refractivity (Wildman–Crippen MR) is 89.0 cm³/mol. The van der Waals surface area contributed by atoms with Crippen molar-refractivity contribution in [2.75, 3.05) is 5.32 Å². The molecule has 0 aliphatic rings. The Morgan fingerprint density at radius 2 is 1.75 bits per heavy atom. The summed E-state index contributed by atoms with van der Waals surface area (Å²) in [6, 6.07) is 17.3. The minimum Gasteiger partial charge on any atom is -0.478 e. The van der Waals surface area contributed by atoms with Gasteiger partial charge in [-0.1, -0.05) is 42.5 Å². The number of hydrogen-bond donors (Lipinski definition) is 3. The number of anilines is 1. The molecule has 0 aliphatic carbocycles. The lowest BCUT2D eigenvalue weighted by atomic mass is 10.2. The molecule has 2 rings (SSSR count). The third-order valence-electron chi connectivity index (χ3n) is 3.19. The molecule has 0 bridgehead atoms. The van der Waals surface area contributed by atoms with E-state index in [-0.39, 0.29) is 11.1 Å². The number of hydrogen-bond acceptors (Lipinski definition) is 4. The maximum atomic E-state index is 12.0. The van der Waals surface area contributed by atoms with E-state index in [9.17, 15) is 9.59 Å². The Balaban J connectivity index is 2.05. The number of nitriles is 1. The highest BCUT2D eigenvalue weighted by Crippen LogP contribution is 2.15. The first-order chi connectivity index (χ1) is 11.6. The monoisotopic (exact) mass is 321 g/mol. The summed E-state index contributed by atoms with van der Waals surface area (Å²) in [4.78, 5) is 23.2. The van der Waals surface area contributed by atoms with Gasteiger partial charge in [0.25, 0.3) is 5.91 Å². The van der Waals surface area contributed by atoms with Gasteiger partial charge in [0, 0.05) is 12.7 Å². The van der Waals surface area contributed by atoms with Crippen LogP contribution in [0.3, 0.4) is 0 Å². The Morgan fingerprint density at radius 3 is 2.42 bits per heavy atom. The Kier molecular flexibility index (Phi) is 5.70. The first kappa shape index (κ1) is 16.8. The molecule has 0 fully saturated rings. The number of carbonyl (C=O) groups excluding carboxylic acids is 1. The van der Waals surface area contributed by atoms with Gasteiger partial charge in [-0.05, 0) is 17.7 Å². The van der Waals surface area contributed by atoms with Crippen molar-refractivity contribution in [3.63, 3.8) is 0 Å². The molecule has 0 spiro atoms. The van der Waals surface area contributed by atoms with Crippen LogP contribution in [0.15, 0.2) is 66.4 Å². The molecule has 0 heterocycles. The summed E-state index contributed by atoms with van der Waals surface area (Å²) in [6.45, 7) is 0.296. The molecule has 24 heavy (non-hydrogen) atoms. The molecular weight excluding hydrogens is 306 g/mol. The van der Waals surface area contributed by atoms with Gasteiger partial charge in [0.1, 0.15) is 11.6 Å². The molecule has 0 saturated carbocycles. The smallest absolute Gasteiger partial charge is 0.337 e.